The summed E-state index contributed by atoms with van der Waals surface area (Å²) in [4.78, 5) is 24.1. The number of piperidine rings is 1. The molecule has 0 amide bonds. The van der Waals surface area contributed by atoms with Crippen molar-refractivity contribution in [1.29, 1.82) is 0 Å². The van der Waals surface area contributed by atoms with Crippen molar-refractivity contribution in [1.82, 2.24) is 14.8 Å². The zero-order chi connectivity index (χ0) is 29.6. The molecule has 226 valence electrons. The number of carboxylic acid groups (broad SMARTS) is 1. The van der Waals surface area contributed by atoms with E-state index in [1.54, 1.807) is 0 Å². The highest BCUT2D eigenvalue weighted by molar-refractivity contribution is 7.11. The lowest BCUT2D eigenvalue weighted by atomic mass is 9.86. The summed E-state index contributed by atoms with van der Waals surface area (Å²) >= 11 is 1.94. The number of carbonyl (C=O) groups is 1. The first-order chi connectivity index (χ1) is 20.4. The van der Waals surface area contributed by atoms with E-state index in [1.807, 2.05) is 11.3 Å². The van der Waals surface area contributed by atoms with Gasteiger partial charge in [0.05, 0.1) is 10.7 Å². The summed E-state index contributed by atoms with van der Waals surface area (Å²) in [6.45, 7) is 13.6. The third kappa shape index (κ3) is 7.15. The normalized spacial score (nSPS) is 21.3. The Morgan fingerprint density at radius 3 is 2.40 bits per heavy atom. The quantitative estimate of drug-likeness (QED) is 0.239. The van der Waals surface area contributed by atoms with Crippen LogP contribution in [0.4, 0.5) is 0 Å². The Morgan fingerprint density at radius 2 is 1.76 bits per heavy atom. The van der Waals surface area contributed by atoms with Gasteiger partial charge in [0.25, 0.3) is 0 Å². The minimum absolute atomic E-state index is 0.189. The van der Waals surface area contributed by atoms with E-state index in [2.05, 4.69) is 92.1 Å². The van der Waals surface area contributed by atoms with Crippen molar-refractivity contribution >= 4 is 17.3 Å². The molecular weight excluding hydrogens is 538 g/mol. The second-order valence-corrected chi connectivity index (χ2v) is 13.7. The first-order valence-corrected chi connectivity index (χ1v) is 17.0. The van der Waals surface area contributed by atoms with E-state index < -0.39 is 12.0 Å². The van der Waals surface area contributed by atoms with Crippen LogP contribution in [0.3, 0.4) is 0 Å². The Balaban J connectivity index is 1.27. The van der Waals surface area contributed by atoms with E-state index in [4.69, 9.17) is 4.98 Å². The summed E-state index contributed by atoms with van der Waals surface area (Å²) in [7, 11) is 0. The van der Waals surface area contributed by atoms with Crippen LogP contribution in [0.5, 0.6) is 0 Å². The second-order valence-electron chi connectivity index (χ2n) is 12.6. The van der Waals surface area contributed by atoms with Crippen molar-refractivity contribution in [3.63, 3.8) is 0 Å². The standard InChI is InChI=1S/C36H49N3O2S/c1-5-27(6-2)34(36(40)41)39-23-30(31(24-39)29-15-11-12-25(4)20-29)22-38-18-16-28(17-19-38)35-32(7-3)37-33(42-35)21-26-13-9-8-10-14-26/h8-15,20,27-28,30-31,34H,5-7,16-19,21-24H2,1-4H3,(H,40,41). The fraction of sp³-hybridized carbons (Fsp3) is 0.556. The Labute approximate surface area is 257 Å². The monoisotopic (exact) mass is 587 g/mol. The molecule has 2 fully saturated rings. The van der Waals surface area contributed by atoms with Crippen LogP contribution in [0.2, 0.25) is 0 Å². The number of thiazole rings is 1. The van der Waals surface area contributed by atoms with Gasteiger partial charge in [0.15, 0.2) is 0 Å². The number of nitrogens with zero attached hydrogens (tertiary/aromatic N) is 3. The van der Waals surface area contributed by atoms with Crippen molar-refractivity contribution in [2.75, 3.05) is 32.7 Å². The number of benzene rings is 2. The summed E-state index contributed by atoms with van der Waals surface area (Å²) in [5, 5.41) is 11.5. The lowest BCUT2D eigenvalue weighted by Crippen LogP contribution is -2.45. The van der Waals surface area contributed by atoms with Gasteiger partial charge in [0.2, 0.25) is 0 Å². The molecular formula is C36H49N3O2S. The van der Waals surface area contributed by atoms with Gasteiger partial charge in [-0.2, -0.15) is 0 Å². The van der Waals surface area contributed by atoms with E-state index in [0.717, 1.165) is 58.4 Å². The van der Waals surface area contributed by atoms with Crippen LogP contribution in [-0.2, 0) is 17.6 Å². The maximum absolute atomic E-state index is 12.5. The zero-order valence-electron chi connectivity index (χ0n) is 26.0. The topological polar surface area (TPSA) is 56.7 Å². The Morgan fingerprint density at radius 1 is 1.02 bits per heavy atom. The predicted molar refractivity (Wildman–Crippen MR) is 174 cm³/mol. The molecule has 2 saturated heterocycles. The van der Waals surface area contributed by atoms with E-state index in [9.17, 15) is 9.90 Å². The van der Waals surface area contributed by atoms with E-state index in [0.29, 0.717) is 17.8 Å². The molecule has 3 aromatic rings. The SMILES string of the molecule is CCc1nc(Cc2ccccc2)sc1C1CCN(CC2CN(C(C(=O)O)C(CC)CC)CC2c2cccc(C)c2)CC1. The van der Waals surface area contributed by atoms with Crippen molar-refractivity contribution in [2.24, 2.45) is 11.8 Å². The van der Waals surface area contributed by atoms with Crippen LogP contribution < -0.4 is 0 Å². The maximum atomic E-state index is 12.5. The van der Waals surface area contributed by atoms with Crippen LogP contribution in [0.25, 0.3) is 0 Å². The lowest BCUT2D eigenvalue weighted by molar-refractivity contribution is -0.145. The molecule has 0 saturated carbocycles. The zero-order valence-corrected chi connectivity index (χ0v) is 26.8. The molecule has 2 aromatic carbocycles. The molecule has 5 nitrogen and oxygen atoms in total. The molecule has 42 heavy (non-hydrogen) atoms. The van der Waals surface area contributed by atoms with Crippen molar-refractivity contribution < 1.29 is 9.90 Å². The minimum Gasteiger partial charge on any atom is -0.480 e. The molecule has 3 atom stereocenters. The molecule has 2 aliphatic rings. The smallest absolute Gasteiger partial charge is 0.321 e. The van der Waals surface area contributed by atoms with Gasteiger partial charge in [-0.1, -0.05) is 93.8 Å². The van der Waals surface area contributed by atoms with Gasteiger partial charge < -0.3 is 10.0 Å². The molecule has 0 bridgehead atoms. The molecule has 1 aromatic heterocycles. The molecule has 6 heteroatoms. The Kier molecular flexibility index (Phi) is 10.5. The number of hydrogen-bond acceptors (Lipinski definition) is 5. The molecule has 0 aliphatic carbocycles. The fourth-order valence-corrected chi connectivity index (χ4v) is 8.89. The molecule has 5 rings (SSSR count). The fourth-order valence-electron chi connectivity index (χ4n) is 7.53. The van der Waals surface area contributed by atoms with Gasteiger partial charge in [-0.15, -0.1) is 11.3 Å². The average molecular weight is 588 g/mol. The molecule has 0 radical (unpaired) electrons. The van der Waals surface area contributed by atoms with Crippen molar-refractivity contribution in [3.05, 3.63) is 86.9 Å². The number of carboxylic acids is 1. The lowest BCUT2D eigenvalue weighted by Gasteiger charge is -2.35. The number of rotatable bonds is 12. The van der Waals surface area contributed by atoms with Gasteiger partial charge in [0.1, 0.15) is 6.04 Å². The summed E-state index contributed by atoms with van der Waals surface area (Å²) in [5.74, 6) is 0.932. The van der Waals surface area contributed by atoms with E-state index in [-0.39, 0.29) is 5.92 Å². The highest BCUT2D eigenvalue weighted by Gasteiger charge is 2.42. The minimum atomic E-state index is -0.656. The highest BCUT2D eigenvalue weighted by atomic mass is 32.1. The number of likely N-dealkylation sites (tertiary alicyclic amines) is 2. The number of aryl methyl sites for hydroxylation is 2. The second kappa shape index (κ2) is 14.3. The van der Waals surface area contributed by atoms with Gasteiger partial charge in [-0.05, 0) is 68.2 Å². The first-order valence-electron chi connectivity index (χ1n) is 16.2. The predicted octanol–water partition coefficient (Wildman–Crippen LogP) is 7.39. The maximum Gasteiger partial charge on any atom is 0.321 e. The summed E-state index contributed by atoms with van der Waals surface area (Å²) < 4.78 is 0. The van der Waals surface area contributed by atoms with Crippen molar-refractivity contribution in [3.8, 4) is 0 Å². The van der Waals surface area contributed by atoms with Crippen molar-refractivity contribution in [2.45, 2.75) is 84.1 Å². The van der Waals surface area contributed by atoms with Gasteiger partial charge in [0, 0.05) is 36.9 Å². The van der Waals surface area contributed by atoms with Crippen LogP contribution in [-0.4, -0.2) is 64.6 Å². The van der Waals surface area contributed by atoms with Crippen LogP contribution in [0, 0.1) is 18.8 Å². The Hall–Kier alpha value is -2.54. The third-order valence-electron chi connectivity index (χ3n) is 9.84. The number of hydrogen-bond donors (Lipinski definition) is 1. The number of aliphatic carboxylic acids is 1. The molecule has 3 unspecified atom stereocenters. The summed E-state index contributed by atoms with van der Waals surface area (Å²) in [6.07, 6.45) is 6.08. The molecule has 3 heterocycles. The van der Waals surface area contributed by atoms with E-state index >= 15 is 0 Å². The van der Waals surface area contributed by atoms with Gasteiger partial charge in [-0.25, -0.2) is 4.98 Å². The van der Waals surface area contributed by atoms with Crippen LogP contribution in [0.15, 0.2) is 54.6 Å². The third-order valence-corrected chi connectivity index (χ3v) is 11.1. The highest BCUT2D eigenvalue weighted by Crippen LogP contribution is 2.39. The van der Waals surface area contributed by atoms with Gasteiger partial charge in [-0.3, -0.25) is 9.69 Å². The largest absolute Gasteiger partial charge is 0.480 e. The number of aromatic nitrogens is 1. The molecule has 2 aliphatic heterocycles. The summed E-state index contributed by atoms with van der Waals surface area (Å²) in [6, 6.07) is 19.2. The molecule has 1 N–H and O–H groups in total. The molecule has 0 spiro atoms. The van der Waals surface area contributed by atoms with Crippen LogP contribution >= 0.6 is 11.3 Å². The average Bonchev–Trinajstić information content (AvgIpc) is 3.60. The Bertz CT molecular complexity index is 1300. The van der Waals surface area contributed by atoms with E-state index in [1.165, 1.54) is 45.1 Å². The first kappa shape index (κ1) is 30.9. The van der Waals surface area contributed by atoms with Gasteiger partial charge >= 0.3 is 5.97 Å². The van der Waals surface area contributed by atoms with Crippen LogP contribution in [0.1, 0.15) is 90.6 Å². The summed E-state index contributed by atoms with van der Waals surface area (Å²) in [5.41, 5.74) is 5.28.